The fraction of sp³-hybridized carbons (Fsp3) is 0.727. The largest absolute Gasteiger partial charge is 0.386 e. The molecule has 15 heavy (non-hydrogen) atoms. The maximum absolute atomic E-state index is 11.5. The van der Waals surface area contributed by atoms with E-state index in [0.29, 0.717) is 32.1 Å². The van der Waals surface area contributed by atoms with Gasteiger partial charge in [-0.05, 0) is 18.8 Å². The third-order valence-corrected chi connectivity index (χ3v) is 3.18. The number of likely N-dealkylation sites (tertiary alicyclic amines) is 1. The van der Waals surface area contributed by atoms with Crippen molar-refractivity contribution in [1.29, 1.82) is 0 Å². The van der Waals surface area contributed by atoms with Crippen LogP contribution in [-0.4, -0.2) is 47.7 Å². The first-order valence-electron chi connectivity index (χ1n) is 5.47. The lowest BCUT2D eigenvalue weighted by molar-refractivity contribution is -0.158. The Labute approximate surface area is 90.0 Å². The summed E-state index contributed by atoms with van der Waals surface area (Å²) in [6.07, 6.45) is 3.96. The summed E-state index contributed by atoms with van der Waals surface area (Å²) >= 11 is 0. The van der Waals surface area contributed by atoms with Crippen LogP contribution in [0.25, 0.3) is 0 Å². The summed E-state index contributed by atoms with van der Waals surface area (Å²) in [5.74, 6) is 0.518. The first-order valence-corrected chi connectivity index (χ1v) is 5.47. The summed E-state index contributed by atoms with van der Waals surface area (Å²) in [7, 11) is 0. The van der Waals surface area contributed by atoms with E-state index in [1.54, 1.807) is 11.0 Å². The number of nitrogens with zero attached hydrogens (tertiary/aromatic N) is 1. The number of amides is 1. The fourth-order valence-electron chi connectivity index (χ4n) is 2.06. The van der Waals surface area contributed by atoms with Crippen molar-refractivity contribution >= 4 is 5.91 Å². The molecule has 1 aliphatic carbocycles. The molecule has 1 aliphatic heterocycles. The molecular formula is C11H18N2O2. The van der Waals surface area contributed by atoms with Gasteiger partial charge in [-0.25, -0.2) is 0 Å². The van der Waals surface area contributed by atoms with Crippen LogP contribution in [0.2, 0.25) is 0 Å². The number of carbonyl (C=O) groups is 1. The summed E-state index contributed by atoms with van der Waals surface area (Å²) in [5.41, 5.74) is -0.561. The lowest BCUT2D eigenvalue weighted by atomic mass is 9.89. The zero-order valence-corrected chi connectivity index (χ0v) is 8.91. The zero-order valence-electron chi connectivity index (χ0n) is 8.91. The van der Waals surface area contributed by atoms with E-state index in [-0.39, 0.29) is 5.91 Å². The van der Waals surface area contributed by atoms with E-state index in [1.807, 2.05) is 0 Å². The van der Waals surface area contributed by atoms with Crippen LogP contribution < -0.4 is 5.32 Å². The first-order chi connectivity index (χ1) is 7.15. The van der Waals surface area contributed by atoms with Crippen LogP contribution in [0.5, 0.6) is 0 Å². The summed E-state index contributed by atoms with van der Waals surface area (Å²) in [6.45, 7) is 5.59. The summed E-state index contributed by atoms with van der Waals surface area (Å²) in [5, 5.41) is 13.0. The van der Waals surface area contributed by atoms with Crippen molar-refractivity contribution in [3.63, 3.8) is 0 Å². The first kappa shape index (κ1) is 10.6. The molecule has 0 atom stereocenters. The number of hydrogen-bond donors (Lipinski definition) is 2. The molecule has 0 spiro atoms. The predicted molar refractivity (Wildman–Crippen MR) is 57.3 cm³/mol. The normalized spacial score (nSPS) is 23.4. The highest BCUT2D eigenvalue weighted by Crippen LogP contribution is 2.44. The van der Waals surface area contributed by atoms with Crippen molar-refractivity contribution in [2.75, 3.05) is 26.2 Å². The van der Waals surface area contributed by atoms with Crippen LogP contribution in [0, 0.1) is 5.92 Å². The van der Waals surface area contributed by atoms with Gasteiger partial charge in [-0.1, -0.05) is 6.08 Å². The van der Waals surface area contributed by atoms with E-state index < -0.39 is 5.60 Å². The van der Waals surface area contributed by atoms with Crippen LogP contribution in [0.15, 0.2) is 12.7 Å². The molecule has 0 aromatic rings. The molecule has 1 saturated heterocycles. The molecule has 0 aromatic carbocycles. The summed E-state index contributed by atoms with van der Waals surface area (Å²) in [6, 6.07) is 0. The van der Waals surface area contributed by atoms with Gasteiger partial charge in [0.25, 0.3) is 0 Å². The molecule has 2 rings (SSSR count). The highest BCUT2D eigenvalue weighted by atomic mass is 16.3. The second-order valence-corrected chi connectivity index (χ2v) is 4.55. The molecule has 0 aromatic heterocycles. The second-order valence-electron chi connectivity index (χ2n) is 4.55. The van der Waals surface area contributed by atoms with Gasteiger partial charge in [0.2, 0.25) is 5.91 Å². The van der Waals surface area contributed by atoms with Gasteiger partial charge in [0.05, 0.1) is 19.6 Å². The Balaban J connectivity index is 1.69. The van der Waals surface area contributed by atoms with E-state index in [4.69, 9.17) is 0 Å². The van der Waals surface area contributed by atoms with Gasteiger partial charge in [0.15, 0.2) is 0 Å². The number of carbonyl (C=O) groups excluding carboxylic acids is 1. The average Bonchev–Trinajstić information content (AvgIpc) is 2.96. The van der Waals surface area contributed by atoms with E-state index in [0.717, 1.165) is 12.8 Å². The van der Waals surface area contributed by atoms with E-state index in [9.17, 15) is 9.90 Å². The topological polar surface area (TPSA) is 52.6 Å². The summed E-state index contributed by atoms with van der Waals surface area (Å²) < 4.78 is 0. The molecular weight excluding hydrogens is 192 g/mol. The maximum Gasteiger partial charge on any atom is 0.236 e. The number of β-amino-alcohol motifs (C(OH)–C–C–N with tert-alkyl or cyclic N) is 1. The minimum Gasteiger partial charge on any atom is -0.386 e. The lowest BCUT2D eigenvalue weighted by Crippen LogP contribution is -2.65. The van der Waals surface area contributed by atoms with Crippen molar-refractivity contribution in [3.05, 3.63) is 12.7 Å². The third kappa shape index (κ3) is 2.21. The molecule has 1 amide bonds. The minimum absolute atomic E-state index is 0.0715. The van der Waals surface area contributed by atoms with E-state index in [1.165, 1.54) is 0 Å². The highest BCUT2D eigenvalue weighted by Gasteiger charge is 2.52. The Morgan fingerprint density at radius 3 is 2.80 bits per heavy atom. The van der Waals surface area contributed by atoms with Crippen LogP contribution in [-0.2, 0) is 4.79 Å². The van der Waals surface area contributed by atoms with Crippen molar-refractivity contribution in [3.8, 4) is 0 Å². The van der Waals surface area contributed by atoms with Gasteiger partial charge in [-0.15, -0.1) is 6.58 Å². The quantitative estimate of drug-likeness (QED) is 0.486. The SMILES string of the molecule is C=CCNCC(=O)N1CC(O)(C2CC2)C1. The highest BCUT2D eigenvalue weighted by molar-refractivity contribution is 5.79. The average molecular weight is 210 g/mol. The number of nitrogens with one attached hydrogen (secondary N) is 1. The fourth-order valence-corrected chi connectivity index (χ4v) is 2.06. The van der Waals surface area contributed by atoms with Crippen LogP contribution in [0.4, 0.5) is 0 Å². The monoisotopic (exact) mass is 210 g/mol. The van der Waals surface area contributed by atoms with Gasteiger partial charge in [-0.3, -0.25) is 4.79 Å². The Kier molecular flexibility index (Phi) is 2.80. The van der Waals surface area contributed by atoms with Gasteiger partial charge in [-0.2, -0.15) is 0 Å². The Bertz CT molecular complexity index is 268. The number of aliphatic hydroxyl groups is 1. The third-order valence-electron chi connectivity index (χ3n) is 3.18. The number of hydrogen-bond acceptors (Lipinski definition) is 3. The summed E-state index contributed by atoms with van der Waals surface area (Å²) in [4.78, 5) is 13.3. The van der Waals surface area contributed by atoms with Crippen molar-refractivity contribution in [2.45, 2.75) is 18.4 Å². The van der Waals surface area contributed by atoms with Gasteiger partial charge < -0.3 is 15.3 Å². The van der Waals surface area contributed by atoms with Crippen LogP contribution >= 0.6 is 0 Å². The van der Waals surface area contributed by atoms with Crippen molar-refractivity contribution in [1.82, 2.24) is 10.2 Å². The molecule has 84 valence electrons. The second kappa shape index (κ2) is 3.94. The van der Waals surface area contributed by atoms with Crippen molar-refractivity contribution in [2.24, 2.45) is 5.92 Å². The molecule has 2 N–H and O–H groups in total. The maximum atomic E-state index is 11.5. The zero-order chi connectivity index (χ0) is 10.9. The van der Waals surface area contributed by atoms with Crippen LogP contribution in [0.1, 0.15) is 12.8 Å². The molecule has 1 saturated carbocycles. The van der Waals surface area contributed by atoms with Crippen LogP contribution in [0.3, 0.4) is 0 Å². The lowest BCUT2D eigenvalue weighted by Gasteiger charge is -2.47. The molecule has 0 unspecified atom stereocenters. The minimum atomic E-state index is -0.561. The number of rotatable bonds is 5. The Morgan fingerprint density at radius 2 is 2.27 bits per heavy atom. The molecule has 1 heterocycles. The van der Waals surface area contributed by atoms with Gasteiger partial charge >= 0.3 is 0 Å². The predicted octanol–water partition coefficient (Wildman–Crippen LogP) is -0.255. The van der Waals surface area contributed by atoms with E-state index in [2.05, 4.69) is 11.9 Å². The van der Waals surface area contributed by atoms with Crippen molar-refractivity contribution < 1.29 is 9.90 Å². The molecule has 2 fully saturated rings. The molecule has 4 heteroatoms. The van der Waals surface area contributed by atoms with E-state index >= 15 is 0 Å². The molecule has 4 nitrogen and oxygen atoms in total. The van der Waals surface area contributed by atoms with Gasteiger partial charge in [0.1, 0.15) is 5.60 Å². The molecule has 2 aliphatic rings. The Morgan fingerprint density at radius 1 is 1.60 bits per heavy atom. The molecule has 0 radical (unpaired) electrons. The standard InChI is InChI=1S/C11H18N2O2/c1-2-5-12-6-10(14)13-7-11(15,8-13)9-3-4-9/h2,9,12,15H,1,3-8H2. The van der Waals surface area contributed by atoms with Gasteiger partial charge in [0, 0.05) is 6.54 Å². The Hall–Kier alpha value is -0.870. The smallest absolute Gasteiger partial charge is 0.236 e. The molecule has 0 bridgehead atoms.